The Morgan fingerprint density at radius 3 is 2.28 bits per heavy atom. The van der Waals surface area contributed by atoms with Crippen LogP contribution in [0.15, 0.2) is 36.4 Å². The number of hydrogen-bond acceptors (Lipinski definition) is 4. The molecule has 4 nitrogen and oxygen atoms in total. The first-order chi connectivity index (χ1) is 12.2. The Labute approximate surface area is 155 Å². The number of allylic oxidation sites excluding steroid dienone is 1. The number of benzene rings is 1. The van der Waals surface area contributed by atoms with E-state index in [1.807, 2.05) is 24.3 Å². The molecule has 2 fully saturated rings. The molecule has 138 valence electrons. The van der Waals surface area contributed by atoms with Gasteiger partial charge in [0.15, 0.2) is 12.6 Å². The summed E-state index contributed by atoms with van der Waals surface area (Å²) in [6.07, 6.45) is 6.89. The van der Waals surface area contributed by atoms with Gasteiger partial charge in [-0.3, -0.25) is 0 Å². The molecule has 25 heavy (non-hydrogen) atoms. The van der Waals surface area contributed by atoms with Crippen LogP contribution in [-0.2, 0) is 18.9 Å². The van der Waals surface area contributed by atoms with Gasteiger partial charge in [0.1, 0.15) is 0 Å². The average Bonchev–Trinajstić information content (AvgIpc) is 2.67. The van der Waals surface area contributed by atoms with Crippen molar-refractivity contribution in [3.05, 3.63) is 47.0 Å². The molecule has 1 aromatic carbocycles. The molecule has 0 aliphatic carbocycles. The van der Waals surface area contributed by atoms with Gasteiger partial charge in [-0.1, -0.05) is 42.8 Å². The number of halogens is 1. The fourth-order valence-corrected chi connectivity index (χ4v) is 3.18. The topological polar surface area (TPSA) is 36.9 Å². The zero-order valence-electron chi connectivity index (χ0n) is 14.7. The Balaban J connectivity index is 1.34. The molecule has 2 heterocycles. The first-order valence-corrected chi connectivity index (χ1v) is 9.51. The fraction of sp³-hybridized carbons (Fsp3) is 0.600. The van der Waals surface area contributed by atoms with Crippen molar-refractivity contribution < 1.29 is 18.9 Å². The summed E-state index contributed by atoms with van der Waals surface area (Å²) < 4.78 is 23.3. The zero-order chi connectivity index (χ0) is 17.5. The normalized spacial score (nSPS) is 30.6. The third-order valence-electron chi connectivity index (χ3n) is 4.56. The van der Waals surface area contributed by atoms with Gasteiger partial charge in [-0.05, 0) is 31.4 Å². The Morgan fingerprint density at radius 2 is 1.64 bits per heavy atom. The van der Waals surface area contributed by atoms with Crippen LogP contribution in [0.25, 0.3) is 0 Å². The van der Waals surface area contributed by atoms with Crippen LogP contribution in [0.2, 0.25) is 5.02 Å². The predicted octanol–water partition coefficient (Wildman–Crippen LogP) is 4.74. The first-order valence-electron chi connectivity index (χ1n) is 9.13. The molecule has 0 saturated carbocycles. The van der Waals surface area contributed by atoms with Gasteiger partial charge in [-0.25, -0.2) is 0 Å². The van der Waals surface area contributed by atoms with E-state index in [0.717, 1.165) is 43.1 Å². The predicted molar refractivity (Wildman–Crippen MR) is 97.4 cm³/mol. The van der Waals surface area contributed by atoms with Crippen LogP contribution in [0, 0.1) is 11.8 Å². The largest absolute Gasteiger partial charge is 0.352 e. The summed E-state index contributed by atoms with van der Waals surface area (Å²) in [5, 5.41) is 0.720. The molecule has 0 spiro atoms. The number of rotatable bonds is 6. The minimum Gasteiger partial charge on any atom is -0.352 e. The highest BCUT2D eigenvalue weighted by molar-refractivity contribution is 6.30. The van der Waals surface area contributed by atoms with Crippen LogP contribution in [0.1, 0.15) is 38.0 Å². The Kier molecular flexibility index (Phi) is 7.32. The average molecular weight is 367 g/mol. The quantitative estimate of drug-likeness (QED) is 0.681. The summed E-state index contributed by atoms with van der Waals surface area (Å²) in [5.74, 6) is 0.770. The molecule has 0 aromatic heterocycles. The maximum atomic E-state index is 5.91. The lowest BCUT2D eigenvalue weighted by molar-refractivity contribution is -0.217. The van der Waals surface area contributed by atoms with Gasteiger partial charge in [0.2, 0.25) is 0 Å². The van der Waals surface area contributed by atoms with Crippen LogP contribution in [0.4, 0.5) is 0 Å². The van der Waals surface area contributed by atoms with E-state index in [4.69, 9.17) is 30.5 Å². The van der Waals surface area contributed by atoms with Gasteiger partial charge < -0.3 is 18.9 Å². The fourth-order valence-electron chi connectivity index (χ4n) is 3.06. The van der Waals surface area contributed by atoms with Crippen molar-refractivity contribution in [2.45, 2.75) is 38.8 Å². The molecule has 0 unspecified atom stereocenters. The third-order valence-corrected chi connectivity index (χ3v) is 4.81. The van der Waals surface area contributed by atoms with E-state index in [9.17, 15) is 0 Å². The van der Waals surface area contributed by atoms with Crippen molar-refractivity contribution in [3.8, 4) is 0 Å². The molecule has 0 radical (unpaired) electrons. The highest BCUT2D eigenvalue weighted by atomic mass is 35.5. The molecule has 2 saturated heterocycles. The second-order valence-corrected chi connectivity index (χ2v) is 7.12. The molecule has 1 aromatic rings. The lowest BCUT2D eigenvalue weighted by atomic mass is 10.0. The van der Waals surface area contributed by atoms with Crippen LogP contribution in [-0.4, -0.2) is 32.7 Å². The summed E-state index contributed by atoms with van der Waals surface area (Å²) >= 11 is 5.91. The Bertz CT molecular complexity index is 529. The summed E-state index contributed by atoms with van der Waals surface area (Å²) in [7, 11) is 0. The van der Waals surface area contributed by atoms with Crippen molar-refractivity contribution in [1.29, 1.82) is 0 Å². The second-order valence-electron chi connectivity index (χ2n) is 6.69. The maximum Gasteiger partial charge on any atom is 0.183 e. The van der Waals surface area contributed by atoms with Crippen molar-refractivity contribution in [2.24, 2.45) is 11.8 Å². The van der Waals surface area contributed by atoms with Crippen molar-refractivity contribution >= 4 is 11.6 Å². The minimum atomic E-state index is -0.290. The van der Waals surface area contributed by atoms with Gasteiger partial charge in [0, 0.05) is 22.4 Å². The molecule has 3 rings (SSSR count). The lowest BCUT2D eigenvalue weighted by Crippen LogP contribution is -2.33. The number of ether oxygens (including phenoxy) is 4. The summed E-state index contributed by atoms with van der Waals surface area (Å²) in [6.45, 7) is 5.02. The Morgan fingerprint density at radius 1 is 0.960 bits per heavy atom. The van der Waals surface area contributed by atoms with Crippen LogP contribution in [0.3, 0.4) is 0 Å². The van der Waals surface area contributed by atoms with Gasteiger partial charge in [0.05, 0.1) is 26.4 Å². The van der Waals surface area contributed by atoms with E-state index in [0.29, 0.717) is 25.0 Å². The standard InChI is InChI=1S/C20H27ClO4/c1-2-3-4-15-11-22-19(23-12-15)10-5-16-13-24-20(25-14-16)17-6-8-18(21)9-7-17/h3-4,6-9,15-16,19-20H,2,5,10-14H2,1H3/t15-,16-,19-,20-. The van der Waals surface area contributed by atoms with Gasteiger partial charge >= 0.3 is 0 Å². The van der Waals surface area contributed by atoms with E-state index in [1.165, 1.54) is 0 Å². The molecule has 2 aliphatic heterocycles. The highest BCUT2D eigenvalue weighted by Crippen LogP contribution is 2.28. The molecule has 0 bridgehead atoms. The molecule has 2 aliphatic rings. The van der Waals surface area contributed by atoms with Gasteiger partial charge in [-0.2, -0.15) is 0 Å². The van der Waals surface area contributed by atoms with Crippen molar-refractivity contribution in [1.82, 2.24) is 0 Å². The molecule has 0 amide bonds. The van der Waals surface area contributed by atoms with E-state index >= 15 is 0 Å². The number of hydrogen-bond donors (Lipinski definition) is 0. The van der Waals surface area contributed by atoms with E-state index < -0.39 is 0 Å². The molecular formula is C20H27ClO4. The van der Waals surface area contributed by atoms with E-state index in [2.05, 4.69) is 19.1 Å². The lowest BCUT2D eigenvalue weighted by Gasteiger charge is -2.32. The smallest absolute Gasteiger partial charge is 0.183 e. The van der Waals surface area contributed by atoms with E-state index in [1.54, 1.807) is 0 Å². The first kappa shape index (κ1) is 18.9. The van der Waals surface area contributed by atoms with E-state index in [-0.39, 0.29) is 12.6 Å². The van der Waals surface area contributed by atoms with Gasteiger partial charge in [0.25, 0.3) is 0 Å². The molecule has 0 N–H and O–H groups in total. The summed E-state index contributed by atoms with van der Waals surface area (Å²) in [4.78, 5) is 0. The molecule has 5 heteroatoms. The Hall–Kier alpha value is -0.910. The summed E-state index contributed by atoms with van der Waals surface area (Å²) in [5.41, 5.74) is 1.01. The van der Waals surface area contributed by atoms with Gasteiger partial charge in [-0.15, -0.1) is 0 Å². The maximum absolute atomic E-state index is 5.91. The highest BCUT2D eigenvalue weighted by Gasteiger charge is 2.26. The SMILES string of the molecule is CCC=C[C@H]1CO[C@H](CC[C@H]2CO[C@H](c3ccc(Cl)cc3)OC2)OC1. The van der Waals surface area contributed by atoms with Crippen molar-refractivity contribution in [2.75, 3.05) is 26.4 Å². The van der Waals surface area contributed by atoms with Crippen LogP contribution >= 0.6 is 11.6 Å². The minimum absolute atomic E-state index is 0.0970. The monoisotopic (exact) mass is 366 g/mol. The third kappa shape index (κ3) is 5.80. The van der Waals surface area contributed by atoms with Crippen LogP contribution in [0.5, 0.6) is 0 Å². The molecular weight excluding hydrogens is 340 g/mol. The van der Waals surface area contributed by atoms with Crippen LogP contribution < -0.4 is 0 Å². The second kappa shape index (κ2) is 9.70. The summed E-state index contributed by atoms with van der Waals surface area (Å²) in [6, 6.07) is 7.60. The zero-order valence-corrected chi connectivity index (χ0v) is 15.5. The molecule has 0 atom stereocenters. The van der Waals surface area contributed by atoms with Crippen molar-refractivity contribution in [3.63, 3.8) is 0 Å².